The zero-order valence-electron chi connectivity index (χ0n) is 61.1. The highest BCUT2D eigenvalue weighted by atomic mass is 127. The first-order chi connectivity index (χ1) is 51.5. The Kier molecular flexibility index (Phi) is 39.2. The van der Waals surface area contributed by atoms with E-state index in [1.54, 1.807) is 88.4 Å². The van der Waals surface area contributed by atoms with Gasteiger partial charge in [-0.2, -0.15) is 0 Å². The van der Waals surface area contributed by atoms with Crippen molar-refractivity contribution < 1.29 is 96.6 Å². The number of carbonyl (C=O) groups is 6. The maximum Gasteiger partial charge on any atom is 0.408 e. The van der Waals surface area contributed by atoms with E-state index in [-0.39, 0.29) is 66.0 Å². The van der Waals surface area contributed by atoms with Crippen molar-refractivity contribution in [3.63, 3.8) is 0 Å². The van der Waals surface area contributed by atoms with Crippen LogP contribution in [0.1, 0.15) is 116 Å². The maximum absolute atomic E-state index is 12.4. The molecule has 0 aliphatic carbocycles. The number of esters is 4. The minimum absolute atomic E-state index is 0.0456. The minimum atomic E-state index is -0.613. The lowest BCUT2D eigenvalue weighted by Gasteiger charge is -2.19. The lowest BCUT2D eigenvalue weighted by atomic mass is 10.1. The number of benzene rings is 9. The van der Waals surface area contributed by atoms with E-state index in [0.29, 0.717) is 50.9 Å². The SMILES string of the molecule is BrCc1ccccc1.C#CCNC(=O)OC(C)(C)C.COC(=O)c1cc(O)c(I)c(O)c1.COC(=O)c1cc(O)cc(O)c1.COC(=O)c1cc(OCc2ccccc2)c(C#CCNC(=O)OC(C)(C)C)c(OCc2ccccc2)c1.COC(=O)c1cc(OCc2ccccc2)c(I)c(OCc2ccccc2)c1. The van der Waals surface area contributed by atoms with E-state index < -0.39 is 47.3 Å². The van der Waals surface area contributed by atoms with E-state index in [0.717, 1.165) is 37.2 Å². The molecule has 0 radical (unpaired) electrons. The van der Waals surface area contributed by atoms with Crippen molar-refractivity contribution in [2.45, 2.75) is 84.5 Å². The minimum Gasteiger partial charge on any atom is -0.508 e. The number of aromatic hydroxyl groups is 4. The summed E-state index contributed by atoms with van der Waals surface area (Å²) in [6.07, 6.45) is 3.88. The number of alkyl halides is 1. The fourth-order valence-electron chi connectivity index (χ4n) is 8.36. The van der Waals surface area contributed by atoms with Gasteiger partial charge in [0.2, 0.25) is 0 Å². The van der Waals surface area contributed by atoms with Crippen LogP contribution in [0.25, 0.3) is 0 Å². The van der Waals surface area contributed by atoms with Gasteiger partial charge in [-0.15, -0.1) is 6.42 Å². The molecule has 9 aromatic rings. The summed E-state index contributed by atoms with van der Waals surface area (Å²) in [6, 6.07) is 61.8. The largest absolute Gasteiger partial charge is 0.508 e. The lowest BCUT2D eigenvalue weighted by molar-refractivity contribution is 0.0523. The van der Waals surface area contributed by atoms with Gasteiger partial charge >= 0.3 is 36.1 Å². The Morgan fingerprint density at radius 3 is 0.991 bits per heavy atom. The molecule has 6 N–H and O–H groups in total. The third-order valence-corrected chi connectivity index (χ3v) is 16.1. The molecule has 0 saturated carbocycles. The standard InChI is InChI=1S/C30H31NO6.C22H19IO4.C8H7IO4.C8H13NO2.C8H8O4.C7H7Br/c1-30(2,3)37-29(33)31-17-11-16-25-26(35-20-22-12-7-5-8-13-22)18-24(28(32)34-4)19-27(25)36-21-23-14-9-6-10-15-23;1-25-22(24)18-12-19(26-14-16-8-4-2-5-9-16)21(23)20(13-18)27-15-17-10-6-3-7-11-17;1-13-8(12)4-2-5(10)7(9)6(11)3-4;1-5-6-9-7(10)11-8(2,3)4;1-12-8(11)5-2-6(9)4-7(10)3-5;8-6-7-4-2-1-3-5-7/h5-10,12-15,18-19H,17,20-21H2,1-4H3,(H,31,33);2-13H,14-15H2,1H3;2-3,10-11H,1H3;1H,6H2,2-4H3,(H,9,10);2-4,9-10H,1H3;1-5H,6H2. The topological polar surface area (TPSA) is 300 Å². The van der Waals surface area contributed by atoms with Gasteiger partial charge < -0.3 is 78.4 Å². The monoisotopic (exact) mass is 1760 g/mol. The van der Waals surface area contributed by atoms with Gasteiger partial charge in [0.1, 0.15) is 89.2 Å². The van der Waals surface area contributed by atoms with Crippen LogP contribution in [-0.2, 0) is 60.2 Å². The number of phenolic OH excluding ortho intramolecular Hbond substituents is 4. The van der Waals surface area contributed by atoms with Crippen molar-refractivity contribution in [2.24, 2.45) is 0 Å². The molecule has 0 fully saturated rings. The van der Waals surface area contributed by atoms with Crippen LogP contribution in [0.3, 0.4) is 0 Å². The second-order valence-electron chi connectivity index (χ2n) is 24.1. The molecule has 0 heterocycles. The summed E-state index contributed by atoms with van der Waals surface area (Å²) in [4.78, 5) is 69.1. The first-order valence-corrected chi connectivity index (χ1v) is 36.0. The van der Waals surface area contributed by atoms with Crippen LogP contribution in [0.15, 0.2) is 206 Å². The van der Waals surface area contributed by atoms with E-state index >= 15 is 0 Å². The molecule has 0 saturated heterocycles. The summed E-state index contributed by atoms with van der Waals surface area (Å²) in [5.74, 6) is 7.36. The van der Waals surface area contributed by atoms with Crippen LogP contribution >= 0.6 is 61.1 Å². The molecule has 0 aromatic heterocycles. The number of phenols is 4. The summed E-state index contributed by atoms with van der Waals surface area (Å²) in [5.41, 5.74) is 5.59. The normalized spacial score (nSPS) is 10.1. The molecule has 0 spiro atoms. The van der Waals surface area contributed by atoms with Gasteiger partial charge in [-0.1, -0.05) is 185 Å². The average Bonchev–Trinajstić information content (AvgIpc) is 0.823. The van der Waals surface area contributed by atoms with Gasteiger partial charge in [0.25, 0.3) is 0 Å². The summed E-state index contributed by atoms with van der Waals surface area (Å²) in [5, 5.41) is 42.4. The number of carbonyl (C=O) groups excluding carboxylic acids is 6. The van der Waals surface area contributed by atoms with E-state index in [1.165, 1.54) is 58.3 Å². The summed E-state index contributed by atoms with van der Waals surface area (Å²) < 4.78 is 54.0. The number of rotatable bonds is 19. The number of ether oxygens (including phenoxy) is 10. The van der Waals surface area contributed by atoms with Gasteiger partial charge in [0, 0.05) is 11.4 Å². The Hall–Kier alpha value is -11.1. The number of amides is 2. The molecule has 2 amide bonds. The van der Waals surface area contributed by atoms with Gasteiger partial charge in [0.15, 0.2) is 0 Å². The second-order valence-corrected chi connectivity index (χ2v) is 26.8. The van der Waals surface area contributed by atoms with Crippen LogP contribution < -0.4 is 29.6 Å². The molecule has 9 aromatic carbocycles. The predicted molar refractivity (Wildman–Crippen MR) is 430 cm³/mol. The molecule has 0 bridgehead atoms. The fourth-order valence-corrected chi connectivity index (χ4v) is 9.67. The van der Waals surface area contributed by atoms with Crippen LogP contribution in [-0.4, -0.2) is 109 Å². The number of hydrogen-bond acceptors (Lipinski definition) is 20. The zero-order valence-corrected chi connectivity index (χ0v) is 67.0. The van der Waals surface area contributed by atoms with Gasteiger partial charge in [-0.05, 0) is 163 Å². The van der Waals surface area contributed by atoms with Gasteiger partial charge in [0.05, 0.1) is 70.9 Å². The third kappa shape index (κ3) is 34.4. The Morgan fingerprint density at radius 2 is 0.694 bits per heavy atom. The third-order valence-electron chi connectivity index (χ3n) is 13.3. The van der Waals surface area contributed by atoms with Crippen LogP contribution in [0.2, 0.25) is 0 Å². The zero-order chi connectivity index (χ0) is 79.6. The molecule has 0 unspecified atom stereocenters. The van der Waals surface area contributed by atoms with Crippen molar-refractivity contribution in [3.8, 4) is 70.2 Å². The van der Waals surface area contributed by atoms with Crippen molar-refractivity contribution in [3.05, 3.63) is 269 Å². The average molecular weight is 1760 g/mol. The quantitative estimate of drug-likeness (QED) is 0.0144. The predicted octanol–water partition coefficient (Wildman–Crippen LogP) is 16.8. The molecule has 0 aliphatic rings. The molecule has 9 rings (SSSR count). The van der Waals surface area contributed by atoms with Crippen molar-refractivity contribution >= 4 is 97.2 Å². The number of alkyl carbamates (subject to hydrolysis) is 2. The molecule has 25 heteroatoms. The van der Waals surface area contributed by atoms with E-state index in [1.807, 2.05) is 140 Å². The Balaban J connectivity index is 0.000000300. The first kappa shape index (κ1) is 89.3. The molecule has 0 aliphatic heterocycles. The number of hydrogen-bond donors (Lipinski definition) is 6. The highest BCUT2D eigenvalue weighted by Crippen LogP contribution is 2.35. The molecular weight excluding hydrogens is 1680 g/mol. The van der Waals surface area contributed by atoms with Crippen LogP contribution in [0, 0.1) is 31.3 Å². The summed E-state index contributed by atoms with van der Waals surface area (Å²) in [7, 11) is 5.13. The highest BCUT2D eigenvalue weighted by molar-refractivity contribution is 14.1. The number of methoxy groups -OCH3 is 4. The van der Waals surface area contributed by atoms with E-state index in [9.17, 15) is 39.0 Å². The number of nitrogens with one attached hydrogen (secondary N) is 2. The lowest BCUT2D eigenvalue weighted by Crippen LogP contribution is -2.32. The Bertz CT molecular complexity index is 4270. The smallest absolute Gasteiger partial charge is 0.408 e. The maximum atomic E-state index is 12.4. The van der Waals surface area contributed by atoms with Crippen molar-refractivity contribution in [1.29, 1.82) is 0 Å². The highest BCUT2D eigenvalue weighted by Gasteiger charge is 2.21. The molecule has 22 nitrogen and oxygen atoms in total. The molecule has 108 heavy (non-hydrogen) atoms. The van der Waals surface area contributed by atoms with Crippen LogP contribution in [0.4, 0.5) is 9.59 Å². The summed E-state index contributed by atoms with van der Waals surface area (Å²) in [6.45, 7) is 12.3. The van der Waals surface area contributed by atoms with Crippen molar-refractivity contribution in [2.75, 3.05) is 41.5 Å². The molecule has 568 valence electrons. The Labute approximate surface area is 664 Å². The summed E-state index contributed by atoms with van der Waals surface area (Å²) >= 11 is 7.30. The van der Waals surface area contributed by atoms with Gasteiger partial charge in [-0.25, -0.2) is 28.8 Å². The molecular formula is C83H85BrI2N2O20. The van der Waals surface area contributed by atoms with E-state index in [4.69, 9.17) is 54.5 Å². The van der Waals surface area contributed by atoms with Crippen molar-refractivity contribution in [1.82, 2.24) is 10.6 Å². The van der Waals surface area contributed by atoms with Gasteiger partial charge in [-0.3, -0.25) is 0 Å². The fraction of sp³-hybridized carbons (Fsp3) is 0.229. The van der Waals surface area contributed by atoms with E-state index in [2.05, 4.69) is 88.5 Å². The van der Waals surface area contributed by atoms with Crippen LogP contribution in [0.5, 0.6) is 46.0 Å². The number of terminal acetylenes is 1. The first-order valence-electron chi connectivity index (χ1n) is 32.7. The Morgan fingerprint density at radius 1 is 0.407 bits per heavy atom. The number of halogens is 3. The second kappa shape index (κ2) is 47.4. The molecule has 0 atom stereocenters.